The topological polar surface area (TPSA) is 12.0 Å². The van der Waals surface area contributed by atoms with Crippen LogP contribution in [0.1, 0.15) is 24.9 Å². The first-order valence-corrected chi connectivity index (χ1v) is 5.91. The maximum Gasteiger partial charge on any atom is 0.390 e. The van der Waals surface area contributed by atoms with Crippen molar-refractivity contribution in [2.24, 2.45) is 0 Å². The Balaban J connectivity index is 2.73. The largest absolute Gasteiger partial charge is 0.390 e. The van der Waals surface area contributed by atoms with Crippen molar-refractivity contribution in [3.8, 4) is 0 Å². The lowest BCUT2D eigenvalue weighted by molar-refractivity contribution is -0.133. The molecule has 0 aliphatic heterocycles. The SMILES string of the molecule is CC(NCCC(F)(F)F)c1c(Cl)ccc(F)c1Cl. The van der Waals surface area contributed by atoms with E-state index in [4.69, 9.17) is 23.2 Å². The molecule has 1 aromatic rings. The first kappa shape index (κ1) is 15.5. The average Bonchev–Trinajstić information content (AvgIpc) is 2.22. The Morgan fingerprint density at radius 2 is 1.89 bits per heavy atom. The number of rotatable bonds is 4. The van der Waals surface area contributed by atoms with E-state index in [0.717, 1.165) is 6.07 Å². The Hall–Kier alpha value is -0.520. The summed E-state index contributed by atoms with van der Waals surface area (Å²) in [5.41, 5.74) is 0.264. The van der Waals surface area contributed by atoms with Crippen molar-refractivity contribution >= 4 is 23.2 Å². The van der Waals surface area contributed by atoms with E-state index in [1.165, 1.54) is 6.07 Å². The van der Waals surface area contributed by atoms with Gasteiger partial charge in [0.1, 0.15) is 5.82 Å². The molecular weight excluding hydrogens is 293 g/mol. The predicted octanol–water partition coefficient (Wildman–Crippen LogP) is 4.74. The molecule has 0 bridgehead atoms. The summed E-state index contributed by atoms with van der Waals surface area (Å²) in [5, 5.41) is 2.65. The van der Waals surface area contributed by atoms with E-state index >= 15 is 0 Å². The molecule has 7 heteroatoms. The summed E-state index contributed by atoms with van der Waals surface area (Å²) in [4.78, 5) is 0. The second-order valence-corrected chi connectivity index (χ2v) is 4.58. The lowest BCUT2D eigenvalue weighted by Crippen LogP contribution is -2.25. The van der Waals surface area contributed by atoms with Gasteiger partial charge in [0.15, 0.2) is 0 Å². The third-order valence-corrected chi connectivity index (χ3v) is 3.09. The maximum absolute atomic E-state index is 13.2. The summed E-state index contributed by atoms with van der Waals surface area (Å²) in [6, 6.07) is 1.86. The van der Waals surface area contributed by atoms with Crippen molar-refractivity contribution in [1.82, 2.24) is 5.32 Å². The Morgan fingerprint density at radius 1 is 1.28 bits per heavy atom. The minimum atomic E-state index is -4.23. The third kappa shape index (κ3) is 4.30. The molecule has 1 rings (SSSR count). The smallest absolute Gasteiger partial charge is 0.310 e. The Kier molecular flexibility index (Phi) is 5.25. The zero-order valence-corrected chi connectivity index (χ0v) is 10.9. The minimum absolute atomic E-state index is 0.172. The van der Waals surface area contributed by atoms with E-state index in [2.05, 4.69) is 5.32 Å². The van der Waals surface area contributed by atoms with Gasteiger partial charge in [-0.05, 0) is 19.1 Å². The Morgan fingerprint density at radius 3 is 2.44 bits per heavy atom. The van der Waals surface area contributed by atoms with Gasteiger partial charge in [-0.15, -0.1) is 0 Å². The first-order chi connectivity index (χ1) is 8.22. The third-order valence-electron chi connectivity index (χ3n) is 2.37. The summed E-state index contributed by atoms with van der Waals surface area (Å²) in [7, 11) is 0. The molecule has 1 nitrogen and oxygen atoms in total. The van der Waals surface area contributed by atoms with Gasteiger partial charge in [0, 0.05) is 23.2 Å². The molecule has 1 unspecified atom stereocenters. The number of hydrogen-bond acceptors (Lipinski definition) is 1. The van der Waals surface area contributed by atoms with Crippen molar-refractivity contribution < 1.29 is 17.6 Å². The van der Waals surface area contributed by atoms with Gasteiger partial charge >= 0.3 is 6.18 Å². The highest BCUT2D eigenvalue weighted by molar-refractivity contribution is 6.36. The fourth-order valence-electron chi connectivity index (χ4n) is 1.47. The van der Waals surface area contributed by atoms with Crippen LogP contribution in [0.25, 0.3) is 0 Å². The molecule has 0 saturated carbocycles. The molecule has 0 aliphatic rings. The number of nitrogens with one attached hydrogen (secondary N) is 1. The van der Waals surface area contributed by atoms with Crippen LogP contribution in [-0.4, -0.2) is 12.7 Å². The van der Waals surface area contributed by atoms with Gasteiger partial charge in [0.25, 0.3) is 0 Å². The van der Waals surface area contributed by atoms with Gasteiger partial charge < -0.3 is 5.32 Å². The molecule has 1 N–H and O–H groups in total. The van der Waals surface area contributed by atoms with E-state index in [-0.39, 0.29) is 22.2 Å². The van der Waals surface area contributed by atoms with Crippen LogP contribution in [-0.2, 0) is 0 Å². The summed E-state index contributed by atoms with van der Waals surface area (Å²) >= 11 is 11.6. The molecule has 0 aromatic heterocycles. The fraction of sp³-hybridized carbons (Fsp3) is 0.455. The quantitative estimate of drug-likeness (QED) is 0.626. The molecule has 1 aromatic carbocycles. The van der Waals surface area contributed by atoms with Gasteiger partial charge in [-0.2, -0.15) is 13.2 Å². The van der Waals surface area contributed by atoms with E-state index < -0.39 is 24.5 Å². The van der Waals surface area contributed by atoms with Gasteiger partial charge in [-0.1, -0.05) is 23.2 Å². The van der Waals surface area contributed by atoms with Crippen molar-refractivity contribution in [3.05, 3.63) is 33.6 Å². The van der Waals surface area contributed by atoms with Gasteiger partial charge in [0.2, 0.25) is 0 Å². The summed E-state index contributed by atoms with van der Waals surface area (Å²) in [6.07, 6.45) is -5.20. The highest BCUT2D eigenvalue weighted by atomic mass is 35.5. The molecule has 102 valence electrons. The zero-order chi connectivity index (χ0) is 13.9. The first-order valence-electron chi connectivity index (χ1n) is 5.16. The second-order valence-electron chi connectivity index (χ2n) is 3.80. The van der Waals surface area contributed by atoms with E-state index in [1.54, 1.807) is 6.92 Å². The van der Waals surface area contributed by atoms with Crippen LogP contribution in [0, 0.1) is 5.82 Å². The fourth-order valence-corrected chi connectivity index (χ4v) is 2.17. The van der Waals surface area contributed by atoms with E-state index in [1.807, 2.05) is 0 Å². The predicted molar refractivity (Wildman–Crippen MR) is 63.5 cm³/mol. The molecular formula is C11H11Cl2F4N. The highest BCUT2D eigenvalue weighted by Gasteiger charge is 2.27. The zero-order valence-electron chi connectivity index (χ0n) is 9.41. The average molecular weight is 304 g/mol. The normalized spacial score (nSPS) is 13.7. The van der Waals surface area contributed by atoms with Gasteiger partial charge in [-0.3, -0.25) is 0 Å². The number of benzene rings is 1. The van der Waals surface area contributed by atoms with Crippen LogP contribution in [0.4, 0.5) is 17.6 Å². The molecule has 0 amide bonds. The highest BCUT2D eigenvalue weighted by Crippen LogP contribution is 2.32. The summed E-state index contributed by atoms with van der Waals surface area (Å²) in [6.45, 7) is 1.29. The van der Waals surface area contributed by atoms with Gasteiger partial charge in [0.05, 0.1) is 11.4 Å². The molecule has 0 aliphatic carbocycles. The Labute approximate surface area is 112 Å². The van der Waals surface area contributed by atoms with Crippen LogP contribution in [0.15, 0.2) is 12.1 Å². The molecule has 0 fully saturated rings. The number of halogens is 6. The van der Waals surface area contributed by atoms with Crippen LogP contribution < -0.4 is 5.32 Å². The Bertz CT molecular complexity index is 420. The number of alkyl halides is 3. The standard InChI is InChI=1S/C11H11Cl2F4N/c1-6(18-5-4-11(15,16)17)9-7(12)2-3-8(14)10(9)13/h2-3,6,18H,4-5H2,1H3. The summed E-state index contributed by atoms with van der Waals surface area (Å²) < 4.78 is 49.2. The lowest BCUT2D eigenvalue weighted by Gasteiger charge is -2.18. The lowest BCUT2D eigenvalue weighted by atomic mass is 10.1. The second kappa shape index (κ2) is 6.08. The van der Waals surface area contributed by atoms with Crippen LogP contribution in [0.2, 0.25) is 10.0 Å². The van der Waals surface area contributed by atoms with Crippen molar-refractivity contribution in [3.63, 3.8) is 0 Å². The number of hydrogen-bond donors (Lipinski definition) is 1. The maximum atomic E-state index is 13.2. The van der Waals surface area contributed by atoms with Gasteiger partial charge in [-0.25, -0.2) is 4.39 Å². The monoisotopic (exact) mass is 303 g/mol. The molecule has 0 saturated heterocycles. The van der Waals surface area contributed by atoms with Crippen molar-refractivity contribution in [1.29, 1.82) is 0 Å². The van der Waals surface area contributed by atoms with Crippen molar-refractivity contribution in [2.45, 2.75) is 25.6 Å². The van der Waals surface area contributed by atoms with Crippen LogP contribution in [0.3, 0.4) is 0 Å². The van der Waals surface area contributed by atoms with Crippen LogP contribution in [0.5, 0.6) is 0 Å². The van der Waals surface area contributed by atoms with E-state index in [9.17, 15) is 17.6 Å². The van der Waals surface area contributed by atoms with Crippen molar-refractivity contribution in [2.75, 3.05) is 6.54 Å². The minimum Gasteiger partial charge on any atom is -0.310 e. The van der Waals surface area contributed by atoms with Crippen LogP contribution >= 0.6 is 23.2 Å². The van der Waals surface area contributed by atoms with E-state index in [0.29, 0.717) is 0 Å². The molecule has 18 heavy (non-hydrogen) atoms. The summed E-state index contributed by atoms with van der Waals surface area (Å²) in [5.74, 6) is -0.652. The molecule has 1 atom stereocenters. The molecule has 0 heterocycles. The molecule has 0 spiro atoms. The molecule has 0 radical (unpaired) electrons.